The minimum Gasteiger partial charge on any atom is -0.488 e. The SMILES string of the molecule is Cl/C=C1/COc2ccccc21. The second-order valence-corrected chi connectivity index (χ2v) is 2.64. The highest BCUT2D eigenvalue weighted by molar-refractivity contribution is 6.28. The van der Waals surface area contributed by atoms with Gasteiger partial charge in [-0.1, -0.05) is 29.8 Å². The van der Waals surface area contributed by atoms with Crippen LogP contribution in [0.2, 0.25) is 0 Å². The molecule has 0 spiro atoms. The maximum absolute atomic E-state index is 5.59. The molecule has 0 unspecified atom stereocenters. The van der Waals surface area contributed by atoms with E-state index in [-0.39, 0.29) is 0 Å². The highest BCUT2D eigenvalue weighted by Gasteiger charge is 2.15. The quantitative estimate of drug-likeness (QED) is 0.576. The highest BCUT2D eigenvalue weighted by Crippen LogP contribution is 2.32. The van der Waals surface area contributed by atoms with E-state index in [1.165, 1.54) is 0 Å². The van der Waals surface area contributed by atoms with Gasteiger partial charge in [-0.25, -0.2) is 0 Å². The van der Waals surface area contributed by atoms with E-state index in [1.54, 1.807) is 5.54 Å². The van der Waals surface area contributed by atoms with Crippen molar-refractivity contribution in [2.24, 2.45) is 0 Å². The summed E-state index contributed by atoms with van der Waals surface area (Å²) in [5, 5.41) is 0. The van der Waals surface area contributed by atoms with Gasteiger partial charge in [0.1, 0.15) is 12.4 Å². The van der Waals surface area contributed by atoms with Crippen molar-refractivity contribution in [1.29, 1.82) is 0 Å². The van der Waals surface area contributed by atoms with Crippen LogP contribution < -0.4 is 4.74 Å². The van der Waals surface area contributed by atoms with Crippen molar-refractivity contribution in [1.82, 2.24) is 0 Å². The molecule has 2 heteroatoms. The summed E-state index contributed by atoms with van der Waals surface area (Å²) in [7, 11) is 0. The fraction of sp³-hybridized carbons (Fsp3) is 0.111. The van der Waals surface area contributed by atoms with E-state index in [1.807, 2.05) is 24.3 Å². The van der Waals surface area contributed by atoms with E-state index in [0.717, 1.165) is 16.9 Å². The standard InChI is InChI=1S/C9H7ClO/c10-5-7-6-11-9-4-2-1-3-8(7)9/h1-5H,6H2/b7-5-. The Labute approximate surface area is 70.2 Å². The number of fused-ring (bicyclic) bond motifs is 1. The molecule has 1 nitrogen and oxygen atoms in total. The number of benzene rings is 1. The largest absolute Gasteiger partial charge is 0.488 e. The Morgan fingerprint density at radius 3 is 3.00 bits per heavy atom. The molecule has 0 N–H and O–H groups in total. The van der Waals surface area contributed by atoms with Crippen molar-refractivity contribution in [3.05, 3.63) is 35.4 Å². The summed E-state index contributed by atoms with van der Waals surface area (Å²) < 4.78 is 5.35. The average Bonchev–Trinajstić information content (AvgIpc) is 2.47. The van der Waals surface area contributed by atoms with E-state index in [9.17, 15) is 0 Å². The van der Waals surface area contributed by atoms with Gasteiger partial charge in [0, 0.05) is 16.7 Å². The number of hydrogen-bond donors (Lipinski definition) is 0. The molecule has 0 saturated heterocycles. The van der Waals surface area contributed by atoms with E-state index in [4.69, 9.17) is 16.3 Å². The lowest BCUT2D eigenvalue weighted by Crippen LogP contribution is -1.85. The molecule has 0 radical (unpaired) electrons. The lowest BCUT2D eigenvalue weighted by molar-refractivity contribution is 0.388. The van der Waals surface area contributed by atoms with Crippen molar-refractivity contribution < 1.29 is 4.74 Å². The summed E-state index contributed by atoms with van der Waals surface area (Å²) in [5.74, 6) is 0.930. The highest BCUT2D eigenvalue weighted by atomic mass is 35.5. The minimum absolute atomic E-state index is 0.600. The first-order chi connectivity index (χ1) is 5.42. The Bertz CT molecular complexity index is 304. The summed E-state index contributed by atoms with van der Waals surface area (Å²) in [6.45, 7) is 0.600. The van der Waals surface area contributed by atoms with Gasteiger partial charge >= 0.3 is 0 Å². The van der Waals surface area contributed by atoms with Gasteiger partial charge in [-0.15, -0.1) is 0 Å². The van der Waals surface area contributed by atoms with Crippen LogP contribution in [0.3, 0.4) is 0 Å². The smallest absolute Gasteiger partial charge is 0.127 e. The van der Waals surface area contributed by atoms with Crippen LogP contribution in [-0.2, 0) is 0 Å². The average molecular weight is 167 g/mol. The maximum atomic E-state index is 5.59. The molecule has 1 aromatic carbocycles. The Kier molecular flexibility index (Phi) is 1.59. The molecule has 1 aromatic rings. The van der Waals surface area contributed by atoms with Crippen molar-refractivity contribution in [3.8, 4) is 5.75 Å². The molecule has 0 atom stereocenters. The van der Waals surface area contributed by atoms with Crippen LogP contribution in [-0.4, -0.2) is 6.61 Å². The first-order valence-electron chi connectivity index (χ1n) is 3.43. The van der Waals surface area contributed by atoms with Crippen molar-refractivity contribution in [2.45, 2.75) is 0 Å². The second-order valence-electron chi connectivity index (χ2n) is 2.42. The summed E-state index contributed by atoms with van der Waals surface area (Å²) in [4.78, 5) is 0. The number of hydrogen-bond acceptors (Lipinski definition) is 1. The van der Waals surface area contributed by atoms with Crippen LogP contribution in [0.4, 0.5) is 0 Å². The van der Waals surface area contributed by atoms with E-state index < -0.39 is 0 Å². The molecule has 1 heterocycles. The summed E-state index contributed by atoms with van der Waals surface area (Å²) in [5.41, 5.74) is 3.75. The van der Waals surface area contributed by atoms with Gasteiger partial charge in [0.05, 0.1) is 0 Å². The first-order valence-corrected chi connectivity index (χ1v) is 3.87. The molecule has 0 aromatic heterocycles. The number of rotatable bonds is 0. The van der Waals surface area contributed by atoms with Crippen LogP contribution in [0.5, 0.6) is 5.75 Å². The predicted molar refractivity (Wildman–Crippen MR) is 45.8 cm³/mol. The van der Waals surface area contributed by atoms with E-state index in [0.29, 0.717) is 6.61 Å². The van der Waals surface area contributed by atoms with Crippen LogP contribution >= 0.6 is 11.6 Å². The fourth-order valence-corrected chi connectivity index (χ4v) is 1.36. The van der Waals surface area contributed by atoms with E-state index in [2.05, 4.69) is 0 Å². The van der Waals surface area contributed by atoms with Crippen molar-refractivity contribution >= 4 is 17.2 Å². The first kappa shape index (κ1) is 6.74. The Hall–Kier alpha value is -0.950. The Morgan fingerprint density at radius 2 is 2.18 bits per heavy atom. The molecule has 0 fully saturated rings. The molecular formula is C9H7ClO. The number of para-hydroxylation sites is 1. The number of halogens is 1. The van der Waals surface area contributed by atoms with Crippen LogP contribution in [0.15, 0.2) is 29.8 Å². The van der Waals surface area contributed by atoms with Gasteiger partial charge in [0.15, 0.2) is 0 Å². The molecule has 2 rings (SSSR count). The van der Waals surface area contributed by atoms with Gasteiger partial charge in [-0.3, -0.25) is 0 Å². The maximum Gasteiger partial charge on any atom is 0.127 e. The third kappa shape index (κ3) is 1.02. The molecule has 11 heavy (non-hydrogen) atoms. The fourth-order valence-electron chi connectivity index (χ4n) is 1.18. The van der Waals surface area contributed by atoms with Gasteiger partial charge in [-0.05, 0) is 6.07 Å². The molecule has 1 aliphatic heterocycles. The molecule has 0 saturated carbocycles. The lowest BCUT2D eigenvalue weighted by atomic mass is 10.1. The normalized spacial score (nSPS) is 18.1. The van der Waals surface area contributed by atoms with Gasteiger partial charge in [0.2, 0.25) is 0 Å². The minimum atomic E-state index is 0.600. The summed E-state index contributed by atoms with van der Waals surface area (Å²) in [6, 6.07) is 7.89. The molecule has 56 valence electrons. The molecular weight excluding hydrogens is 160 g/mol. The monoisotopic (exact) mass is 166 g/mol. The summed E-state index contributed by atoms with van der Waals surface area (Å²) in [6.07, 6.45) is 0. The zero-order valence-corrected chi connectivity index (χ0v) is 6.64. The lowest BCUT2D eigenvalue weighted by Gasteiger charge is -1.93. The van der Waals surface area contributed by atoms with Gasteiger partial charge in [0.25, 0.3) is 0 Å². The van der Waals surface area contributed by atoms with Crippen LogP contribution in [0.1, 0.15) is 5.56 Å². The van der Waals surface area contributed by atoms with E-state index >= 15 is 0 Å². The molecule has 0 aliphatic carbocycles. The van der Waals surface area contributed by atoms with Crippen molar-refractivity contribution in [2.75, 3.05) is 6.61 Å². The molecule has 1 aliphatic rings. The third-order valence-corrected chi connectivity index (χ3v) is 2.01. The molecule has 0 bridgehead atoms. The summed E-state index contributed by atoms with van der Waals surface area (Å²) >= 11 is 5.59. The number of ether oxygens (including phenoxy) is 1. The zero-order valence-electron chi connectivity index (χ0n) is 5.88. The zero-order chi connectivity index (χ0) is 7.68. The van der Waals surface area contributed by atoms with Gasteiger partial charge in [-0.2, -0.15) is 0 Å². The Balaban J connectivity index is 2.55. The second kappa shape index (κ2) is 2.59. The van der Waals surface area contributed by atoms with Crippen molar-refractivity contribution in [3.63, 3.8) is 0 Å². The van der Waals surface area contributed by atoms with Crippen LogP contribution in [0.25, 0.3) is 5.57 Å². The molecule has 0 amide bonds. The van der Waals surface area contributed by atoms with Gasteiger partial charge < -0.3 is 4.74 Å². The predicted octanol–water partition coefficient (Wildman–Crippen LogP) is 2.66. The topological polar surface area (TPSA) is 9.23 Å². The Morgan fingerprint density at radius 1 is 1.36 bits per heavy atom. The van der Waals surface area contributed by atoms with Crippen LogP contribution in [0, 0.1) is 0 Å². The third-order valence-electron chi connectivity index (χ3n) is 1.75.